The maximum absolute atomic E-state index is 13.2. The Morgan fingerprint density at radius 3 is 2.50 bits per heavy atom. The van der Waals surface area contributed by atoms with E-state index < -0.39 is 11.9 Å². The summed E-state index contributed by atoms with van der Waals surface area (Å²) in [6, 6.07) is 7.04. The predicted molar refractivity (Wildman–Crippen MR) is 81.3 cm³/mol. The lowest BCUT2D eigenvalue weighted by atomic mass is 10.1. The van der Waals surface area contributed by atoms with E-state index in [1.165, 1.54) is 25.1 Å². The lowest BCUT2D eigenvalue weighted by Gasteiger charge is -2.14. The highest BCUT2D eigenvalue weighted by Gasteiger charge is 2.14. The van der Waals surface area contributed by atoms with Crippen LogP contribution in [0.25, 0.3) is 0 Å². The topological polar surface area (TPSA) is 29.5 Å². The van der Waals surface area contributed by atoms with Gasteiger partial charge in [-0.05, 0) is 47.1 Å². The molecule has 2 rings (SSSR count). The van der Waals surface area contributed by atoms with E-state index in [-0.39, 0.29) is 0 Å². The van der Waals surface area contributed by atoms with Crippen molar-refractivity contribution < 1.29 is 14.2 Å². The van der Waals surface area contributed by atoms with Gasteiger partial charge in [0.05, 0.1) is 16.1 Å². The number of hydrogen-bond donors (Lipinski definition) is 1. The van der Waals surface area contributed by atoms with Crippen LogP contribution >= 0.6 is 39.1 Å². The van der Waals surface area contributed by atoms with Crippen LogP contribution in [0.15, 0.2) is 34.8 Å². The Labute approximate surface area is 134 Å². The number of aliphatic hydroxyl groups excluding tert-OH is 1. The fourth-order valence-electron chi connectivity index (χ4n) is 1.64. The highest BCUT2D eigenvalue weighted by molar-refractivity contribution is 9.10. The van der Waals surface area contributed by atoms with Crippen molar-refractivity contribution in [1.82, 2.24) is 0 Å². The van der Waals surface area contributed by atoms with Crippen molar-refractivity contribution in [3.8, 4) is 11.5 Å². The third-order valence-electron chi connectivity index (χ3n) is 2.62. The standard InChI is InChI=1S/C14H10BrCl2FO2/c1-7(19)9-4-8(18)2-3-13(9)20-14-6-11(16)10(15)5-12(14)17/h2-7,19H,1H3/t7-/m1/s1. The van der Waals surface area contributed by atoms with E-state index in [1.54, 1.807) is 12.1 Å². The molecule has 0 amide bonds. The largest absolute Gasteiger partial charge is 0.455 e. The molecule has 1 N–H and O–H groups in total. The second-order valence-electron chi connectivity index (χ2n) is 4.16. The van der Waals surface area contributed by atoms with Crippen LogP contribution in [-0.4, -0.2) is 5.11 Å². The molecule has 0 aliphatic rings. The predicted octanol–water partition coefficient (Wildman–Crippen LogP) is 5.74. The SMILES string of the molecule is C[C@@H](O)c1cc(F)ccc1Oc1cc(Cl)c(Br)cc1Cl. The van der Waals surface area contributed by atoms with Crippen molar-refractivity contribution in [1.29, 1.82) is 0 Å². The number of ether oxygens (including phenoxy) is 1. The summed E-state index contributed by atoms with van der Waals surface area (Å²) in [5.41, 5.74) is 0.333. The molecule has 1 atom stereocenters. The molecule has 0 aromatic heterocycles. The normalized spacial score (nSPS) is 12.3. The van der Waals surface area contributed by atoms with Crippen molar-refractivity contribution >= 4 is 39.1 Å². The lowest BCUT2D eigenvalue weighted by molar-refractivity contribution is 0.195. The number of benzene rings is 2. The van der Waals surface area contributed by atoms with Crippen molar-refractivity contribution in [2.45, 2.75) is 13.0 Å². The molecule has 0 bridgehead atoms. The molecule has 0 saturated carbocycles. The zero-order valence-corrected chi connectivity index (χ0v) is 13.4. The molecule has 0 fully saturated rings. The van der Waals surface area contributed by atoms with Gasteiger partial charge in [-0.1, -0.05) is 23.2 Å². The van der Waals surface area contributed by atoms with Gasteiger partial charge in [0.15, 0.2) is 0 Å². The maximum Gasteiger partial charge on any atom is 0.147 e. The smallest absolute Gasteiger partial charge is 0.147 e. The van der Waals surface area contributed by atoms with Gasteiger partial charge < -0.3 is 9.84 Å². The first-order chi connectivity index (χ1) is 9.38. The molecule has 0 radical (unpaired) electrons. The van der Waals surface area contributed by atoms with Crippen molar-refractivity contribution in [2.24, 2.45) is 0 Å². The van der Waals surface area contributed by atoms with E-state index in [4.69, 9.17) is 27.9 Å². The van der Waals surface area contributed by atoms with E-state index >= 15 is 0 Å². The van der Waals surface area contributed by atoms with Crippen LogP contribution in [0.1, 0.15) is 18.6 Å². The van der Waals surface area contributed by atoms with E-state index in [0.29, 0.717) is 31.6 Å². The van der Waals surface area contributed by atoms with Crippen LogP contribution in [-0.2, 0) is 0 Å². The summed E-state index contributed by atoms with van der Waals surface area (Å²) in [5, 5.41) is 10.4. The Morgan fingerprint density at radius 1 is 1.15 bits per heavy atom. The van der Waals surface area contributed by atoms with Gasteiger partial charge >= 0.3 is 0 Å². The highest BCUT2D eigenvalue weighted by Crippen LogP contribution is 2.38. The summed E-state index contributed by atoms with van der Waals surface area (Å²) >= 11 is 15.3. The Balaban J connectivity index is 2.42. The molecule has 0 aliphatic heterocycles. The molecule has 106 valence electrons. The minimum atomic E-state index is -0.870. The van der Waals surface area contributed by atoms with Crippen molar-refractivity contribution in [3.63, 3.8) is 0 Å². The zero-order chi connectivity index (χ0) is 14.9. The van der Waals surface area contributed by atoms with Crippen LogP contribution in [0, 0.1) is 5.82 Å². The third-order valence-corrected chi connectivity index (χ3v) is 4.11. The molecule has 2 nitrogen and oxygen atoms in total. The van der Waals surface area contributed by atoms with Crippen molar-refractivity contribution in [2.75, 3.05) is 0 Å². The first kappa shape index (κ1) is 15.6. The Hall–Kier alpha value is -0.810. The molecular weight excluding hydrogens is 370 g/mol. The van der Waals surface area contributed by atoms with Crippen LogP contribution in [0.4, 0.5) is 4.39 Å². The van der Waals surface area contributed by atoms with Gasteiger partial charge in [-0.3, -0.25) is 0 Å². The molecule has 0 unspecified atom stereocenters. The Kier molecular flexibility index (Phi) is 4.91. The molecule has 0 aliphatic carbocycles. The summed E-state index contributed by atoms with van der Waals surface area (Å²) in [4.78, 5) is 0. The average Bonchev–Trinajstić information content (AvgIpc) is 2.37. The number of hydrogen-bond acceptors (Lipinski definition) is 2. The van der Waals surface area contributed by atoms with Gasteiger partial charge in [0.1, 0.15) is 17.3 Å². The monoisotopic (exact) mass is 378 g/mol. The van der Waals surface area contributed by atoms with Crippen LogP contribution in [0.3, 0.4) is 0 Å². The van der Waals surface area contributed by atoms with Gasteiger partial charge in [-0.25, -0.2) is 4.39 Å². The number of halogens is 4. The quantitative estimate of drug-likeness (QED) is 0.689. The van der Waals surface area contributed by atoms with Crippen LogP contribution < -0.4 is 4.74 Å². The van der Waals surface area contributed by atoms with Gasteiger partial charge in [-0.2, -0.15) is 0 Å². The Morgan fingerprint density at radius 2 is 1.85 bits per heavy atom. The highest BCUT2D eigenvalue weighted by atomic mass is 79.9. The van der Waals surface area contributed by atoms with Crippen LogP contribution in [0.5, 0.6) is 11.5 Å². The summed E-state index contributed by atoms with van der Waals surface area (Å²) in [6.45, 7) is 1.53. The zero-order valence-electron chi connectivity index (χ0n) is 10.3. The summed E-state index contributed by atoms with van der Waals surface area (Å²) in [6.07, 6.45) is -0.870. The first-order valence-corrected chi connectivity index (χ1v) is 7.23. The van der Waals surface area contributed by atoms with Crippen molar-refractivity contribution in [3.05, 3.63) is 56.2 Å². The minimum Gasteiger partial charge on any atom is -0.455 e. The molecule has 2 aromatic rings. The average molecular weight is 380 g/mol. The fourth-order valence-corrected chi connectivity index (χ4v) is 2.47. The fraction of sp³-hybridized carbons (Fsp3) is 0.143. The minimum absolute atomic E-state index is 0.321. The summed E-state index contributed by atoms with van der Waals surface area (Å²) < 4.78 is 19.5. The summed E-state index contributed by atoms with van der Waals surface area (Å²) in [7, 11) is 0. The first-order valence-electron chi connectivity index (χ1n) is 5.68. The summed E-state index contributed by atoms with van der Waals surface area (Å²) in [5.74, 6) is 0.197. The molecule has 2 aromatic carbocycles. The van der Waals surface area contributed by atoms with E-state index in [0.717, 1.165) is 0 Å². The van der Waals surface area contributed by atoms with Crippen LogP contribution in [0.2, 0.25) is 10.0 Å². The molecule has 0 saturated heterocycles. The van der Waals surface area contributed by atoms with Gasteiger partial charge in [0.2, 0.25) is 0 Å². The van der Waals surface area contributed by atoms with Gasteiger partial charge in [0, 0.05) is 16.1 Å². The number of rotatable bonds is 3. The third kappa shape index (κ3) is 3.44. The van der Waals surface area contributed by atoms with E-state index in [1.807, 2.05) is 0 Å². The van der Waals surface area contributed by atoms with Gasteiger partial charge in [0.25, 0.3) is 0 Å². The van der Waals surface area contributed by atoms with E-state index in [9.17, 15) is 9.50 Å². The second-order valence-corrected chi connectivity index (χ2v) is 5.83. The molecule has 0 heterocycles. The van der Waals surface area contributed by atoms with E-state index in [2.05, 4.69) is 15.9 Å². The number of aliphatic hydroxyl groups is 1. The molecular formula is C14H10BrCl2FO2. The van der Waals surface area contributed by atoms with Gasteiger partial charge in [-0.15, -0.1) is 0 Å². The molecule has 6 heteroatoms. The lowest BCUT2D eigenvalue weighted by Crippen LogP contribution is -1.97. The molecule has 0 spiro atoms. The second kappa shape index (κ2) is 6.31. The molecule has 20 heavy (non-hydrogen) atoms. The Bertz CT molecular complexity index is 647. The maximum atomic E-state index is 13.2.